The Balaban J connectivity index is 2.20. The highest BCUT2D eigenvalue weighted by Crippen LogP contribution is 2.30. The zero-order valence-corrected chi connectivity index (χ0v) is 12.7. The number of halogens is 4. The van der Waals surface area contributed by atoms with E-state index in [1.165, 1.54) is 0 Å². The Morgan fingerprint density at radius 3 is 2.21 bits per heavy atom. The van der Waals surface area contributed by atoms with E-state index in [0.29, 0.717) is 32.1 Å². The number of aliphatic hydroxyl groups is 1. The van der Waals surface area contributed by atoms with Crippen molar-refractivity contribution < 1.29 is 5.11 Å². The minimum atomic E-state index is -0.720. The molecule has 0 aliphatic heterocycles. The lowest BCUT2D eigenvalue weighted by Crippen LogP contribution is -2.02. The fourth-order valence-corrected chi connectivity index (χ4v) is 2.63. The first kappa shape index (κ1) is 15.0. The Hall–Kier alpha value is -0.440. The second-order valence-electron chi connectivity index (χ2n) is 4.13. The summed E-state index contributed by atoms with van der Waals surface area (Å²) in [5, 5.41) is 12.1. The van der Waals surface area contributed by atoms with Crippen LogP contribution in [0.4, 0.5) is 0 Å². The van der Waals surface area contributed by atoms with Crippen LogP contribution in [-0.2, 0) is 6.42 Å². The third-order valence-corrected chi connectivity index (χ3v) is 4.04. The van der Waals surface area contributed by atoms with Gasteiger partial charge in [0.1, 0.15) is 0 Å². The van der Waals surface area contributed by atoms with Crippen LogP contribution in [0.25, 0.3) is 0 Å². The highest BCUT2D eigenvalue weighted by Gasteiger charge is 2.13. The maximum atomic E-state index is 10.2. The summed E-state index contributed by atoms with van der Waals surface area (Å²) < 4.78 is 0. The molecule has 1 nitrogen and oxygen atoms in total. The van der Waals surface area contributed by atoms with Gasteiger partial charge in [-0.25, -0.2) is 0 Å². The fourth-order valence-electron chi connectivity index (χ4n) is 1.77. The quantitative estimate of drug-likeness (QED) is 0.776. The third kappa shape index (κ3) is 3.77. The average Bonchev–Trinajstić information content (AvgIpc) is 2.33. The molecule has 0 saturated carbocycles. The van der Waals surface area contributed by atoms with Gasteiger partial charge in [-0.15, -0.1) is 0 Å². The Morgan fingerprint density at radius 1 is 0.842 bits per heavy atom. The van der Waals surface area contributed by atoms with Gasteiger partial charge < -0.3 is 5.11 Å². The Bertz CT molecular complexity index is 598. The molecule has 0 spiro atoms. The molecule has 0 amide bonds. The lowest BCUT2D eigenvalue weighted by molar-refractivity contribution is 0.178. The van der Waals surface area contributed by atoms with Crippen LogP contribution < -0.4 is 0 Å². The molecule has 1 unspecified atom stereocenters. The van der Waals surface area contributed by atoms with E-state index < -0.39 is 6.10 Å². The van der Waals surface area contributed by atoms with E-state index in [1.807, 2.05) is 6.07 Å². The van der Waals surface area contributed by atoms with Gasteiger partial charge in [-0.3, -0.25) is 0 Å². The lowest BCUT2D eigenvalue weighted by Gasteiger charge is -2.13. The van der Waals surface area contributed by atoms with Crippen molar-refractivity contribution in [3.8, 4) is 0 Å². The standard InChI is InChI=1S/C14H10Cl4O/c15-9-2-3-10(12(17)7-9)14(19)6-8-1-4-11(16)13(18)5-8/h1-5,7,14,19H,6H2. The summed E-state index contributed by atoms with van der Waals surface area (Å²) in [4.78, 5) is 0. The van der Waals surface area contributed by atoms with Gasteiger partial charge >= 0.3 is 0 Å². The monoisotopic (exact) mass is 334 g/mol. The van der Waals surface area contributed by atoms with Crippen LogP contribution in [-0.4, -0.2) is 5.11 Å². The summed E-state index contributed by atoms with van der Waals surface area (Å²) >= 11 is 23.7. The first-order valence-electron chi connectivity index (χ1n) is 5.54. The second-order valence-corrected chi connectivity index (χ2v) is 5.79. The largest absolute Gasteiger partial charge is 0.388 e. The van der Waals surface area contributed by atoms with Gasteiger partial charge in [0.25, 0.3) is 0 Å². The zero-order valence-electron chi connectivity index (χ0n) is 9.71. The van der Waals surface area contributed by atoms with Crippen molar-refractivity contribution in [3.05, 3.63) is 67.6 Å². The summed E-state index contributed by atoms with van der Waals surface area (Å²) in [6.45, 7) is 0. The number of rotatable bonds is 3. The van der Waals surface area contributed by atoms with E-state index >= 15 is 0 Å². The van der Waals surface area contributed by atoms with E-state index in [2.05, 4.69) is 0 Å². The Kier molecular flexibility index (Phi) is 4.99. The minimum Gasteiger partial charge on any atom is -0.388 e. The molecule has 1 atom stereocenters. The first-order chi connectivity index (χ1) is 8.97. The second kappa shape index (κ2) is 6.34. The van der Waals surface area contributed by atoms with E-state index in [0.717, 1.165) is 5.56 Å². The fraction of sp³-hybridized carbons (Fsp3) is 0.143. The molecule has 0 bridgehead atoms. The van der Waals surface area contributed by atoms with Crippen LogP contribution in [0.15, 0.2) is 36.4 Å². The summed E-state index contributed by atoms with van der Waals surface area (Å²) in [7, 11) is 0. The molecule has 5 heteroatoms. The number of hydrogen-bond acceptors (Lipinski definition) is 1. The number of hydrogen-bond donors (Lipinski definition) is 1. The van der Waals surface area contributed by atoms with Crippen molar-refractivity contribution in [1.82, 2.24) is 0 Å². The minimum absolute atomic E-state index is 0.401. The molecule has 0 heterocycles. The molecule has 0 fully saturated rings. The van der Waals surface area contributed by atoms with Gasteiger partial charge in [-0.05, 0) is 35.4 Å². The van der Waals surface area contributed by atoms with E-state index in [4.69, 9.17) is 46.4 Å². The molecule has 0 aliphatic carbocycles. The van der Waals surface area contributed by atoms with Crippen LogP contribution in [0.1, 0.15) is 17.2 Å². The molecule has 0 radical (unpaired) electrons. The molecule has 2 aromatic rings. The molecule has 2 aromatic carbocycles. The molecule has 0 aliphatic rings. The molecular weight excluding hydrogens is 326 g/mol. The van der Waals surface area contributed by atoms with Crippen LogP contribution >= 0.6 is 46.4 Å². The molecule has 1 N–H and O–H groups in total. The summed E-state index contributed by atoms with van der Waals surface area (Å²) in [5.41, 5.74) is 1.52. The lowest BCUT2D eigenvalue weighted by atomic mass is 10.0. The topological polar surface area (TPSA) is 20.2 Å². The van der Waals surface area contributed by atoms with Gasteiger partial charge in [0.2, 0.25) is 0 Å². The summed E-state index contributed by atoms with van der Waals surface area (Å²) in [5.74, 6) is 0. The van der Waals surface area contributed by atoms with Crippen molar-refractivity contribution in [2.75, 3.05) is 0 Å². The van der Waals surface area contributed by atoms with E-state index in [1.54, 1.807) is 30.3 Å². The van der Waals surface area contributed by atoms with Gasteiger partial charge in [-0.2, -0.15) is 0 Å². The molecule has 0 saturated heterocycles. The highest BCUT2D eigenvalue weighted by molar-refractivity contribution is 6.42. The van der Waals surface area contributed by atoms with Crippen LogP contribution in [0.5, 0.6) is 0 Å². The van der Waals surface area contributed by atoms with Gasteiger partial charge in [0.05, 0.1) is 16.1 Å². The van der Waals surface area contributed by atoms with Gasteiger partial charge in [-0.1, -0.05) is 58.5 Å². The maximum absolute atomic E-state index is 10.2. The van der Waals surface area contributed by atoms with Gasteiger partial charge in [0, 0.05) is 16.5 Å². The Morgan fingerprint density at radius 2 is 1.58 bits per heavy atom. The summed E-state index contributed by atoms with van der Waals surface area (Å²) in [6.07, 6.45) is -0.319. The van der Waals surface area contributed by atoms with Crippen molar-refractivity contribution in [3.63, 3.8) is 0 Å². The Labute approximate surface area is 131 Å². The predicted molar refractivity (Wildman–Crippen MR) is 81.6 cm³/mol. The van der Waals surface area contributed by atoms with Crippen molar-refractivity contribution >= 4 is 46.4 Å². The number of aliphatic hydroxyl groups excluding tert-OH is 1. The number of benzene rings is 2. The molecule has 100 valence electrons. The van der Waals surface area contributed by atoms with E-state index in [9.17, 15) is 5.11 Å². The van der Waals surface area contributed by atoms with Crippen molar-refractivity contribution in [1.29, 1.82) is 0 Å². The van der Waals surface area contributed by atoms with E-state index in [-0.39, 0.29) is 0 Å². The maximum Gasteiger partial charge on any atom is 0.0844 e. The van der Waals surface area contributed by atoms with Crippen LogP contribution in [0.3, 0.4) is 0 Å². The molecule has 2 rings (SSSR count). The smallest absolute Gasteiger partial charge is 0.0844 e. The SMILES string of the molecule is OC(Cc1ccc(Cl)c(Cl)c1)c1ccc(Cl)cc1Cl. The van der Waals surface area contributed by atoms with Crippen LogP contribution in [0, 0.1) is 0 Å². The normalized spacial score (nSPS) is 12.5. The van der Waals surface area contributed by atoms with Crippen molar-refractivity contribution in [2.24, 2.45) is 0 Å². The molecule has 19 heavy (non-hydrogen) atoms. The average molecular weight is 336 g/mol. The van der Waals surface area contributed by atoms with Gasteiger partial charge in [0.15, 0.2) is 0 Å². The predicted octanol–water partition coefficient (Wildman–Crippen LogP) is 5.58. The first-order valence-corrected chi connectivity index (χ1v) is 7.05. The third-order valence-electron chi connectivity index (χ3n) is 2.73. The molecule has 0 aromatic heterocycles. The highest BCUT2D eigenvalue weighted by atomic mass is 35.5. The zero-order chi connectivity index (χ0) is 14.0. The summed E-state index contributed by atoms with van der Waals surface area (Å²) in [6, 6.07) is 10.3. The van der Waals surface area contributed by atoms with Crippen LogP contribution in [0.2, 0.25) is 20.1 Å². The van der Waals surface area contributed by atoms with Crippen molar-refractivity contribution in [2.45, 2.75) is 12.5 Å². The molecular formula is C14H10Cl4O.